The first-order valence-electron chi connectivity index (χ1n) is 34.9. The van der Waals surface area contributed by atoms with E-state index in [4.69, 9.17) is 14.2 Å². The van der Waals surface area contributed by atoms with Gasteiger partial charge in [-0.15, -0.1) is 0 Å². The molecular formula is C74H132O6. The Morgan fingerprint density at radius 1 is 0.263 bits per heavy atom. The van der Waals surface area contributed by atoms with Crippen molar-refractivity contribution in [3.05, 3.63) is 72.9 Å². The molecule has 0 aliphatic heterocycles. The molecule has 0 rings (SSSR count). The van der Waals surface area contributed by atoms with Crippen molar-refractivity contribution >= 4 is 17.9 Å². The topological polar surface area (TPSA) is 78.9 Å². The molecule has 0 heterocycles. The van der Waals surface area contributed by atoms with Gasteiger partial charge in [0, 0.05) is 19.3 Å². The van der Waals surface area contributed by atoms with Gasteiger partial charge in [0.15, 0.2) is 6.10 Å². The zero-order chi connectivity index (χ0) is 57.8. The molecule has 1 unspecified atom stereocenters. The third-order valence-electron chi connectivity index (χ3n) is 15.5. The molecule has 80 heavy (non-hydrogen) atoms. The number of hydrogen-bond acceptors (Lipinski definition) is 6. The summed E-state index contributed by atoms with van der Waals surface area (Å²) in [6.45, 7) is 6.58. The third kappa shape index (κ3) is 65.7. The van der Waals surface area contributed by atoms with Crippen LogP contribution in [0.1, 0.15) is 361 Å². The molecule has 6 heteroatoms. The van der Waals surface area contributed by atoms with E-state index in [1.165, 1.54) is 225 Å². The van der Waals surface area contributed by atoms with E-state index in [1.54, 1.807) is 0 Å². The first-order chi connectivity index (χ1) is 39.5. The maximum atomic E-state index is 12.9. The highest BCUT2D eigenvalue weighted by atomic mass is 16.6. The van der Waals surface area contributed by atoms with Gasteiger partial charge >= 0.3 is 17.9 Å². The van der Waals surface area contributed by atoms with Gasteiger partial charge in [0.1, 0.15) is 13.2 Å². The van der Waals surface area contributed by atoms with Crippen molar-refractivity contribution in [3.63, 3.8) is 0 Å². The molecule has 0 aromatic heterocycles. The quantitative estimate of drug-likeness (QED) is 0.0261. The van der Waals surface area contributed by atoms with Crippen molar-refractivity contribution in [1.82, 2.24) is 0 Å². The van der Waals surface area contributed by atoms with Crippen molar-refractivity contribution in [2.24, 2.45) is 0 Å². The van der Waals surface area contributed by atoms with Crippen molar-refractivity contribution < 1.29 is 28.6 Å². The van der Waals surface area contributed by atoms with E-state index >= 15 is 0 Å². The van der Waals surface area contributed by atoms with Crippen LogP contribution in [0, 0.1) is 0 Å². The Labute approximate surface area is 497 Å². The van der Waals surface area contributed by atoms with Gasteiger partial charge in [0.25, 0.3) is 0 Å². The van der Waals surface area contributed by atoms with Crippen LogP contribution in [0.4, 0.5) is 0 Å². The Bertz CT molecular complexity index is 1470. The van der Waals surface area contributed by atoms with Crippen molar-refractivity contribution in [3.8, 4) is 0 Å². The molecule has 0 radical (unpaired) electrons. The number of carbonyl (C=O) groups is 3. The summed E-state index contributed by atoms with van der Waals surface area (Å²) in [5.74, 6) is -0.844. The Kier molecular flexibility index (Phi) is 65.7. The summed E-state index contributed by atoms with van der Waals surface area (Å²) in [5, 5.41) is 0. The highest BCUT2D eigenvalue weighted by molar-refractivity contribution is 5.71. The normalized spacial score (nSPS) is 12.5. The molecule has 0 amide bonds. The van der Waals surface area contributed by atoms with Crippen LogP contribution in [0.15, 0.2) is 72.9 Å². The van der Waals surface area contributed by atoms with E-state index in [0.29, 0.717) is 19.3 Å². The minimum absolute atomic E-state index is 0.0679. The number of hydrogen-bond donors (Lipinski definition) is 0. The van der Waals surface area contributed by atoms with Gasteiger partial charge in [-0.25, -0.2) is 0 Å². The van der Waals surface area contributed by atoms with Gasteiger partial charge in [-0.2, -0.15) is 0 Å². The number of ether oxygens (including phenoxy) is 3. The van der Waals surface area contributed by atoms with Gasteiger partial charge in [-0.3, -0.25) is 14.4 Å². The second kappa shape index (κ2) is 68.3. The number of carbonyl (C=O) groups excluding carboxylic acids is 3. The Hall–Kier alpha value is -3.15. The summed E-state index contributed by atoms with van der Waals surface area (Å²) in [7, 11) is 0. The first kappa shape index (κ1) is 76.9. The zero-order valence-corrected chi connectivity index (χ0v) is 53.3. The predicted molar refractivity (Wildman–Crippen MR) is 348 cm³/mol. The monoisotopic (exact) mass is 1120 g/mol. The number of allylic oxidation sites excluding steroid dienone is 12. The highest BCUT2D eigenvalue weighted by Crippen LogP contribution is 2.18. The summed E-state index contributed by atoms with van der Waals surface area (Å²) < 4.78 is 17.0. The first-order valence-corrected chi connectivity index (χ1v) is 34.9. The smallest absolute Gasteiger partial charge is 0.306 e. The molecule has 0 fully saturated rings. The van der Waals surface area contributed by atoms with E-state index in [-0.39, 0.29) is 31.1 Å². The van der Waals surface area contributed by atoms with Gasteiger partial charge < -0.3 is 14.2 Å². The number of unbranched alkanes of at least 4 members (excludes halogenated alkanes) is 41. The molecule has 1 atom stereocenters. The molecular weight excluding hydrogens is 985 g/mol. The van der Waals surface area contributed by atoms with Crippen LogP contribution in [0.25, 0.3) is 0 Å². The van der Waals surface area contributed by atoms with Crippen LogP contribution in [0.3, 0.4) is 0 Å². The maximum absolute atomic E-state index is 12.9. The molecule has 6 nitrogen and oxygen atoms in total. The average molecular weight is 1120 g/mol. The van der Waals surface area contributed by atoms with Crippen molar-refractivity contribution in [2.45, 2.75) is 367 Å². The van der Waals surface area contributed by atoms with Crippen LogP contribution in [0.5, 0.6) is 0 Å². The molecule has 0 aliphatic carbocycles. The molecule has 0 N–H and O–H groups in total. The van der Waals surface area contributed by atoms with Crippen molar-refractivity contribution in [1.29, 1.82) is 0 Å². The third-order valence-corrected chi connectivity index (χ3v) is 15.5. The van der Waals surface area contributed by atoms with Crippen LogP contribution in [-0.4, -0.2) is 37.2 Å². The van der Waals surface area contributed by atoms with Crippen molar-refractivity contribution in [2.75, 3.05) is 13.2 Å². The van der Waals surface area contributed by atoms with E-state index in [0.717, 1.165) is 96.3 Å². The van der Waals surface area contributed by atoms with Gasteiger partial charge in [-0.1, -0.05) is 344 Å². The molecule has 0 saturated heterocycles. The molecule has 0 saturated carbocycles. The minimum atomic E-state index is -0.771. The fraction of sp³-hybridized carbons (Fsp3) is 0.797. The molecule has 0 aromatic carbocycles. The zero-order valence-electron chi connectivity index (χ0n) is 53.3. The summed E-state index contributed by atoms with van der Waals surface area (Å²) in [4.78, 5) is 38.4. The standard InChI is InChI=1S/C74H132O6/c1-4-7-10-13-16-19-22-25-27-29-30-31-32-33-34-35-36-37-38-39-40-41-42-43-44-45-47-49-52-55-58-61-64-67-73(76)79-70-71(69-78-72(75)66-63-60-57-54-51-48-24-21-18-15-12-9-6-3)80-74(77)68-65-62-59-56-53-50-46-28-26-23-20-17-14-11-8-5-2/h7,10,16,19,25,27,30-31,33-34,36-37,71H,4-6,8-9,11-15,17-18,20-24,26,28-29,32,35,38-70H2,1-3H3/b10-7-,19-16-,27-25-,31-30-,34-33-,37-36-. The Balaban J connectivity index is 4.16. The SMILES string of the molecule is CC/C=C\C/C=C\C/C=C\C/C=C\C/C=C\C/C=C\CCCCCCCCCCCCCCCCC(=O)OCC(COC(=O)CCCCCCCCCCCCCCC)OC(=O)CCCCCCCCCCCCCCCCCC. The summed E-state index contributed by atoms with van der Waals surface area (Å²) >= 11 is 0. The van der Waals surface area contributed by atoms with Crippen LogP contribution >= 0.6 is 0 Å². The molecule has 464 valence electrons. The Morgan fingerprint density at radius 3 is 0.762 bits per heavy atom. The lowest BCUT2D eigenvalue weighted by atomic mass is 10.0. The second-order valence-electron chi connectivity index (χ2n) is 23.4. The van der Waals surface area contributed by atoms with Gasteiger partial charge in [0.05, 0.1) is 0 Å². The van der Waals surface area contributed by atoms with Gasteiger partial charge in [-0.05, 0) is 70.6 Å². The van der Waals surface area contributed by atoms with Gasteiger partial charge in [0.2, 0.25) is 0 Å². The lowest BCUT2D eigenvalue weighted by Crippen LogP contribution is -2.30. The maximum Gasteiger partial charge on any atom is 0.306 e. The molecule has 0 aliphatic rings. The fourth-order valence-corrected chi connectivity index (χ4v) is 10.3. The van der Waals surface area contributed by atoms with Crippen LogP contribution < -0.4 is 0 Å². The lowest BCUT2D eigenvalue weighted by molar-refractivity contribution is -0.167. The molecule has 0 spiro atoms. The minimum Gasteiger partial charge on any atom is -0.462 e. The summed E-state index contributed by atoms with van der Waals surface area (Å²) in [5.41, 5.74) is 0. The van der Waals surface area contributed by atoms with E-state index in [9.17, 15) is 14.4 Å². The molecule has 0 aromatic rings. The van der Waals surface area contributed by atoms with Crippen LogP contribution in [0.2, 0.25) is 0 Å². The largest absolute Gasteiger partial charge is 0.462 e. The van der Waals surface area contributed by atoms with E-state index in [1.807, 2.05) is 0 Å². The summed E-state index contributed by atoms with van der Waals surface area (Å²) in [6.07, 6.45) is 89.3. The molecule has 0 bridgehead atoms. The summed E-state index contributed by atoms with van der Waals surface area (Å²) in [6, 6.07) is 0. The fourth-order valence-electron chi connectivity index (χ4n) is 10.3. The average Bonchev–Trinajstić information content (AvgIpc) is 3.46. The predicted octanol–water partition coefficient (Wildman–Crippen LogP) is 24.1. The second-order valence-corrected chi connectivity index (χ2v) is 23.4. The number of rotatable bonds is 64. The van der Waals surface area contributed by atoms with E-state index < -0.39 is 6.10 Å². The number of esters is 3. The Morgan fingerprint density at radius 2 is 0.487 bits per heavy atom. The van der Waals surface area contributed by atoms with E-state index in [2.05, 4.69) is 93.7 Å². The lowest BCUT2D eigenvalue weighted by Gasteiger charge is -2.18. The highest BCUT2D eigenvalue weighted by Gasteiger charge is 2.19. The van der Waals surface area contributed by atoms with Crippen LogP contribution in [-0.2, 0) is 28.6 Å².